The second kappa shape index (κ2) is 5.29. The van der Waals surface area contributed by atoms with Gasteiger partial charge in [0.1, 0.15) is 6.04 Å². The third-order valence-corrected chi connectivity index (χ3v) is 3.08. The highest BCUT2D eigenvalue weighted by atomic mass is 16.5. The Hall–Kier alpha value is -1.39. The molecule has 1 aliphatic rings. The zero-order valence-corrected chi connectivity index (χ0v) is 10.0. The topological polar surface area (TPSA) is 55.6 Å². The highest BCUT2D eigenvalue weighted by molar-refractivity contribution is 5.83. The Bertz CT molecular complexity index is 380. The van der Waals surface area contributed by atoms with E-state index in [2.05, 4.69) is 0 Å². The molecule has 2 N–H and O–H groups in total. The van der Waals surface area contributed by atoms with Gasteiger partial charge in [-0.15, -0.1) is 0 Å². The van der Waals surface area contributed by atoms with Crippen LogP contribution in [0.1, 0.15) is 18.5 Å². The zero-order valence-electron chi connectivity index (χ0n) is 10.0. The fourth-order valence-corrected chi connectivity index (χ4v) is 2.04. The lowest BCUT2D eigenvalue weighted by molar-refractivity contribution is -0.140. The molecule has 0 aromatic heterocycles. The summed E-state index contributed by atoms with van der Waals surface area (Å²) in [5.41, 5.74) is 6.86. The SMILES string of the molecule is CC1COCCN1C(=O)C(N)c1ccccc1. The number of benzene rings is 1. The molecule has 1 aromatic carbocycles. The number of carbonyl (C=O) groups is 1. The number of rotatable bonds is 2. The van der Waals surface area contributed by atoms with Crippen LogP contribution in [0.5, 0.6) is 0 Å². The number of amides is 1. The van der Waals surface area contributed by atoms with E-state index >= 15 is 0 Å². The van der Waals surface area contributed by atoms with E-state index < -0.39 is 6.04 Å². The lowest BCUT2D eigenvalue weighted by Crippen LogP contribution is -2.50. The summed E-state index contributed by atoms with van der Waals surface area (Å²) in [5, 5.41) is 0. The monoisotopic (exact) mass is 234 g/mol. The van der Waals surface area contributed by atoms with Crippen LogP contribution >= 0.6 is 0 Å². The van der Waals surface area contributed by atoms with E-state index in [0.717, 1.165) is 5.56 Å². The summed E-state index contributed by atoms with van der Waals surface area (Å²) in [6.07, 6.45) is 0. The van der Waals surface area contributed by atoms with Crippen LogP contribution in [-0.4, -0.2) is 36.6 Å². The first-order chi connectivity index (χ1) is 8.20. The first-order valence-corrected chi connectivity index (χ1v) is 5.89. The number of morpholine rings is 1. The molecule has 0 aliphatic carbocycles. The maximum atomic E-state index is 12.3. The fourth-order valence-electron chi connectivity index (χ4n) is 2.04. The van der Waals surface area contributed by atoms with Crippen molar-refractivity contribution in [1.82, 2.24) is 4.90 Å². The molecule has 0 saturated carbocycles. The summed E-state index contributed by atoms with van der Waals surface area (Å²) in [5.74, 6) is -0.0213. The van der Waals surface area contributed by atoms with Crippen molar-refractivity contribution in [1.29, 1.82) is 0 Å². The van der Waals surface area contributed by atoms with Gasteiger partial charge in [0.2, 0.25) is 5.91 Å². The van der Waals surface area contributed by atoms with E-state index in [-0.39, 0.29) is 11.9 Å². The number of nitrogens with zero attached hydrogens (tertiary/aromatic N) is 1. The number of carbonyl (C=O) groups excluding carboxylic acids is 1. The second-order valence-corrected chi connectivity index (χ2v) is 4.34. The maximum absolute atomic E-state index is 12.3. The summed E-state index contributed by atoms with van der Waals surface area (Å²) in [6.45, 7) is 3.79. The van der Waals surface area contributed by atoms with Crippen LogP contribution in [0.3, 0.4) is 0 Å². The van der Waals surface area contributed by atoms with Gasteiger partial charge in [0.15, 0.2) is 0 Å². The van der Waals surface area contributed by atoms with E-state index in [1.807, 2.05) is 37.3 Å². The lowest BCUT2D eigenvalue weighted by Gasteiger charge is -2.35. The minimum atomic E-state index is -0.572. The van der Waals surface area contributed by atoms with Crippen LogP contribution in [0, 0.1) is 0 Å². The van der Waals surface area contributed by atoms with Gasteiger partial charge < -0.3 is 15.4 Å². The van der Waals surface area contributed by atoms with E-state index in [4.69, 9.17) is 10.5 Å². The average molecular weight is 234 g/mol. The van der Waals surface area contributed by atoms with Crippen molar-refractivity contribution in [3.63, 3.8) is 0 Å². The van der Waals surface area contributed by atoms with Crippen molar-refractivity contribution in [3.8, 4) is 0 Å². The van der Waals surface area contributed by atoms with Crippen molar-refractivity contribution in [2.75, 3.05) is 19.8 Å². The summed E-state index contributed by atoms with van der Waals surface area (Å²) in [4.78, 5) is 14.1. The molecule has 0 radical (unpaired) electrons. The van der Waals surface area contributed by atoms with Crippen LogP contribution in [0.15, 0.2) is 30.3 Å². The predicted octanol–water partition coefficient (Wildman–Crippen LogP) is 0.934. The first-order valence-electron chi connectivity index (χ1n) is 5.89. The van der Waals surface area contributed by atoms with E-state index in [9.17, 15) is 4.79 Å². The molecule has 0 spiro atoms. The summed E-state index contributed by atoms with van der Waals surface area (Å²) in [6, 6.07) is 9.00. The van der Waals surface area contributed by atoms with Crippen LogP contribution in [0.4, 0.5) is 0 Å². The molecule has 1 saturated heterocycles. The minimum Gasteiger partial charge on any atom is -0.377 e. The predicted molar refractivity (Wildman–Crippen MR) is 65.4 cm³/mol. The molecular weight excluding hydrogens is 216 g/mol. The quantitative estimate of drug-likeness (QED) is 0.828. The van der Waals surface area contributed by atoms with Crippen molar-refractivity contribution in [3.05, 3.63) is 35.9 Å². The number of nitrogens with two attached hydrogens (primary N) is 1. The van der Waals surface area contributed by atoms with Crippen molar-refractivity contribution >= 4 is 5.91 Å². The fraction of sp³-hybridized carbons (Fsp3) is 0.462. The lowest BCUT2D eigenvalue weighted by atomic mass is 10.1. The molecule has 92 valence electrons. The maximum Gasteiger partial charge on any atom is 0.244 e. The highest BCUT2D eigenvalue weighted by Gasteiger charge is 2.28. The van der Waals surface area contributed by atoms with Crippen LogP contribution in [0.25, 0.3) is 0 Å². The molecule has 2 unspecified atom stereocenters. The standard InChI is InChI=1S/C13H18N2O2/c1-10-9-17-8-7-15(10)13(16)12(14)11-5-3-2-4-6-11/h2-6,10,12H,7-9,14H2,1H3. The van der Waals surface area contributed by atoms with Crippen LogP contribution in [-0.2, 0) is 9.53 Å². The van der Waals surface area contributed by atoms with Crippen LogP contribution < -0.4 is 5.73 Å². The molecule has 1 fully saturated rings. The zero-order chi connectivity index (χ0) is 12.3. The van der Waals surface area contributed by atoms with Gasteiger partial charge in [0, 0.05) is 6.54 Å². The summed E-state index contributed by atoms with van der Waals surface area (Å²) >= 11 is 0. The van der Waals surface area contributed by atoms with Gasteiger partial charge in [0.05, 0.1) is 19.3 Å². The van der Waals surface area contributed by atoms with E-state index in [0.29, 0.717) is 19.8 Å². The molecule has 1 aromatic rings. The smallest absolute Gasteiger partial charge is 0.244 e. The molecule has 4 nitrogen and oxygen atoms in total. The van der Waals surface area contributed by atoms with Crippen LogP contribution in [0.2, 0.25) is 0 Å². The Morgan fingerprint density at radius 2 is 2.18 bits per heavy atom. The Morgan fingerprint density at radius 1 is 1.47 bits per heavy atom. The van der Waals surface area contributed by atoms with E-state index in [1.165, 1.54) is 0 Å². The van der Waals surface area contributed by atoms with Gasteiger partial charge in [-0.2, -0.15) is 0 Å². The Balaban J connectivity index is 2.09. The normalized spacial score (nSPS) is 22.2. The first kappa shape index (κ1) is 12.1. The van der Waals surface area contributed by atoms with E-state index in [1.54, 1.807) is 4.90 Å². The molecule has 2 atom stereocenters. The average Bonchev–Trinajstić information content (AvgIpc) is 2.39. The van der Waals surface area contributed by atoms with Gasteiger partial charge in [-0.1, -0.05) is 30.3 Å². The Morgan fingerprint density at radius 3 is 2.82 bits per heavy atom. The molecule has 1 amide bonds. The van der Waals surface area contributed by atoms with Crippen molar-refractivity contribution < 1.29 is 9.53 Å². The number of ether oxygens (including phenoxy) is 1. The molecule has 2 rings (SSSR count). The van der Waals surface area contributed by atoms with Gasteiger partial charge in [-0.05, 0) is 12.5 Å². The third-order valence-electron chi connectivity index (χ3n) is 3.08. The largest absolute Gasteiger partial charge is 0.377 e. The Labute approximate surface area is 101 Å². The van der Waals surface area contributed by atoms with Crippen molar-refractivity contribution in [2.45, 2.75) is 19.0 Å². The summed E-state index contributed by atoms with van der Waals surface area (Å²) < 4.78 is 5.31. The number of hydrogen-bond acceptors (Lipinski definition) is 3. The van der Waals surface area contributed by atoms with Gasteiger partial charge in [-0.3, -0.25) is 4.79 Å². The van der Waals surface area contributed by atoms with Crippen molar-refractivity contribution in [2.24, 2.45) is 5.73 Å². The molecule has 1 heterocycles. The van der Waals surface area contributed by atoms with Gasteiger partial charge in [0.25, 0.3) is 0 Å². The minimum absolute atomic E-state index is 0.0213. The molecule has 0 bridgehead atoms. The molecule has 4 heteroatoms. The third kappa shape index (κ3) is 2.65. The van der Waals surface area contributed by atoms with Gasteiger partial charge in [-0.25, -0.2) is 0 Å². The number of hydrogen-bond donors (Lipinski definition) is 1. The Kier molecular flexibility index (Phi) is 3.76. The molecule has 17 heavy (non-hydrogen) atoms. The highest BCUT2D eigenvalue weighted by Crippen LogP contribution is 2.16. The second-order valence-electron chi connectivity index (χ2n) is 4.34. The molecular formula is C13H18N2O2. The molecule has 1 aliphatic heterocycles. The van der Waals surface area contributed by atoms with Gasteiger partial charge >= 0.3 is 0 Å². The summed E-state index contributed by atoms with van der Waals surface area (Å²) in [7, 11) is 0.